The van der Waals surface area contributed by atoms with Crippen molar-refractivity contribution < 1.29 is 23.3 Å². The Bertz CT molecular complexity index is 292. The van der Waals surface area contributed by atoms with Crippen LogP contribution in [0.5, 0.6) is 0 Å². The minimum Gasteiger partial charge on any atom is -0.652 e. The standard InChI is InChI=1S/C15H32NOSi.Li/c1-13(2,3)18(8,9)17-12-10-14(4,5)16-15(6,7)11-12;/h12H,10-11H2,1-9H3;/q-1;+1. The maximum absolute atomic E-state index is 6.59. The summed E-state index contributed by atoms with van der Waals surface area (Å²) >= 11 is 0. The van der Waals surface area contributed by atoms with E-state index < -0.39 is 8.32 Å². The Morgan fingerprint density at radius 1 is 1.00 bits per heavy atom. The van der Waals surface area contributed by atoms with Gasteiger partial charge in [0.25, 0.3) is 0 Å². The van der Waals surface area contributed by atoms with Gasteiger partial charge in [0.2, 0.25) is 0 Å². The fourth-order valence-electron chi connectivity index (χ4n) is 2.77. The smallest absolute Gasteiger partial charge is 0.652 e. The SMILES string of the molecule is CC1(C)CC(O[Si](C)(C)C(C)(C)C)CC(C)(C)[N-]1.[Li+]. The van der Waals surface area contributed by atoms with Crippen molar-refractivity contribution in [3.05, 3.63) is 5.32 Å². The van der Waals surface area contributed by atoms with Crippen LogP contribution >= 0.6 is 0 Å². The maximum Gasteiger partial charge on any atom is 1.00 e. The molecule has 0 amide bonds. The van der Waals surface area contributed by atoms with Crippen molar-refractivity contribution in [1.29, 1.82) is 0 Å². The van der Waals surface area contributed by atoms with E-state index in [1.54, 1.807) is 0 Å². The van der Waals surface area contributed by atoms with Gasteiger partial charge in [-0.1, -0.05) is 48.5 Å². The van der Waals surface area contributed by atoms with Crippen molar-refractivity contribution in [1.82, 2.24) is 0 Å². The van der Waals surface area contributed by atoms with Crippen LogP contribution < -0.4 is 18.9 Å². The molecule has 19 heavy (non-hydrogen) atoms. The van der Waals surface area contributed by atoms with Gasteiger partial charge >= 0.3 is 18.9 Å². The first kappa shape index (κ1) is 19.7. The van der Waals surface area contributed by atoms with Crippen molar-refractivity contribution in [2.45, 2.75) is 96.6 Å². The molecule has 0 atom stereocenters. The molecule has 0 aromatic heterocycles. The summed E-state index contributed by atoms with van der Waals surface area (Å²) in [5, 5.41) is 5.21. The van der Waals surface area contributed by atoms with Crippen LogP contribution in [0.15, 0.2) is 0 Å². The van der Waals surface area contributed by atoms with Gasteiger partial charge in [0.1, 0.15) is 0 Å². The summed E-state index contributed by atoms with van der Waals surface area (Å²) in [6.45, 7) is 20.5. The average molecular weight is 277 g/mol. The summed E-state index contributed by atoms with van der Waals surface area (Å²) in [5.41, 5.74) is 0.101. The zero-order valence-corrected chi connectivity index (χ0v) is 15.8. The fourth-order valence-corrected chi connectivity index (χ4v) is 4.13. The van der Waals surface area contributed by atoms with Gasteiger partial charge < -0.3 is 9.74 Å². The molecule has 2 nitrogen and oxygen atoms in total. The first-order chi connectivity index (χ1) is 7.74. The largest absolute Gasteiger partial charge is 1.00 e. The fraction of sp³-hybridized carbons (Fsp3) is 1.00. The van der Waals surface area contributed by atoms with E-state index >= 15 is 0 Å². The van der Waals surface area contributed by atoms with E-state index in [9.17, 15) is 0 Å². The first-order valence-corrected chi connectivity index (χ1v) is 10.1. The average Bonchev–Trinajstić information content (AvgIpc) is 1.92. The Kier molecular flexibility index (Phi) is 6.08. The molecule has 0 aromatic rings. The Morgan fingerprint density at radius 2 is 1.37 bits per heavy atom. The van der Waals surface area contributed by atoms with Gasteiger partial charge in [-0.3, -0.25) is 0 Å². The van der Waals surface area contributed by atoms with Crippen LogP contribution in [0.4, 0.5) is 0 Å². The summed E-state index contributed by atoms with van der Waals surface area (Å²) < 4.78 is 6.59. The number of rotatable bonds is 2. The Hall–Kier alpha value is 0.734. The topological polar surface area (TPSA) is 23.3 Å². The molecule has 0 aliphatic carbocycles. The third-order valence-electron chi connectivity index (χ3n) is 4.33. The van der Waals surface area contributed by atoms with E-state index in [0.717, 1.165) is 12.8 Å². The Labute approximate surface area is 133 Å². The second-order valence-electron chi connectivity index (χ2n) is 8.65. The molecule has 0 spiro atoms. The number of nitrogens with zero attached hydrogens (tertiary/aromatic N) is 1. The zero-order chi connectivity index (χ0) is 14.4. The molecule has 108 valence electrons. The predicted molar refractivity (Wildman–Crippen MR) is 82.8 cm³/mol. The van der Waals surface area contributed by atoms with E-state index in [-0.39, 0.29) is 35.0 Å². The maximum atomic E-state index is 6.59. The van der Waals surface area contributed by atoms with E-state index in [2.05, 4.69) is 61.6 Å². The molecule has 4 heteroatoms. The van der Waals surface area contributed by atoms with Gasteiger partial charge in [-0.2, -0.15) is 0 Å². The third-order valence-corrected chi connectivity index (χ3v) is 8.86. The molecule has 1 rings (SSSR count). The Balaban J connectivity index is 0.00000324. The summed E-state index contributed by atoms with van der Waals surface area (Å²) in [7, 11) is -1.66. The Morgan fingerprint density at radius 3 is 1.68 bits per heavy atom. The second kappa shape index (κ2) is 5.85. The second-order valence-corrected chi connectivity index (χ2v) is 13.4. The van der Waals surface area contributed by atoms with Gasteiger partial charge in [-0.15, -0.1) is 11.1 Å². The molecule has 0 bridgehead atoms. The number of hydrogen-bond donors (Lipinski definition) is 0. The van der Waals surface area contributed by atoms with Gasteiger partial charge in [-0.05, 0) is 31.0 Å². The van der Waals surface area contributed by atoms with Gasteiger partial charge in [-0.25, -0.2) is 0 Å². The molecule has 0 unspecified atom stereocenters. The molecule has 0 radical (unpaired) electrons. The summed E-state index contributed by atoms with van der Waals surface area (Å²) in [4.78, 5) is 0. The summed E-state index contributed by atoms with van der Waals surface area (Å²) in [5.74, 6) is 0. The monoisotopic (exact) mass is 277 g/mol. The van der Waals surface area contributed by atoms with Crippen LogP contribution in [-0.2, 0) is 4.43 Å². The van der Waals surface area contributed by atoms with E-state index in [1.807, 2.05) is 0 Å². The summed E-state index contributed by atoms with van der Waals surface area (Å²) in [6.07, 6.45) is 2.49. The molecule has 0 saturated carbocycles. The molecule has 1 aliphatic heterocycles. The molecule has 1 heterocycles. The molecular weight excluding hydrogens is 245 g/mol. The van der Waals surface area contributed by atoms with Gasteiger partial charge in [0.05, 0.1) is 0 Å². The molecule has 1 aliphatic rings. The van der Waals surface area contributed by atoms with Gasteiger partial charge in [0.15, 0.2) is 8.32 Å². The minimum atomic E-state index is -1.66. The number of piperidine rings is 1. The third kappa shape index (κ3) is 5.55. The van der Waals surface area contributed by atoms with Crippen molar-refractivity contribution in [2.75, 3.05) is 0 Å². The minimum absolute atomic E-state index is 0. The van der Waals surface area contributed by atoms with Crippen LogP contribution in [0.25, 0.3) is 5.32 Å². The van der Waals surface area contributed by atoms with Crippen LogP contribution in [0, 0.1) is 0 Å². The predicted octanol–water partition coefficient (Wildman–Crippen LogP) is 2.11. The molecule has 0 N–H and O–H groups in total. The molecule has 1 saturated heterocycles. The van der Waals surface area contributed by atoms with E-state index in [4.69, 9.17) is 9.74 Å². The van der Waals surface area contributed by atoms with Crippen molar-refractivity contribution in [2.24, 2.45) is 0 Å². The van der Waals surface area contributed by atoms with Crippen LogP contribution in [0.3, 0.4) is 0 Å². The van der Waals surface area contributed by atoms with Crippen molar-refractivity contribution in [3.8, 4) is 0 Å². The summed E-state index contributed by atoms with van der Waals surface area (Å²) in [6, 6.07) is 0. The molecule has 1 fully saturated rings. The van der Waals surface area contributed by atoms with Crippen LogP contribution in [0.2, 0.25) is 18.1 Å². The van der Waals surface area contributed by atoms with Gasteiger partial charge in [0, 0.05) is 6.10 Å². The molecule has 0 aromatic carbocycles. The normalized spacial score (nSPS) is 23.8. The van der Waals surface area contributed by atoms with Crippen LogP contribution in [-0.4, -0.2) is 25.5 Å². The van der Waals surface area contributed by atoms with Crippen molar-refractivity contribution >= 4 is 8.32 Å². The quantitative estimate of drug-likeness (QED) is 0.709. The zero-order valence-electron chi connectivity index (χ0n) is 14.8. The van der Waals surface area contributed by atoms with E-state index in [1.165, 1.54) is 0 Å². The molecular formula is C15H32LiNOSi. The van der Waals surface area contributed by atoms with E-state index in [0.29, 0.717) is 6.10 Å². The first-order valence-electron chi connectivity index (χ1n) is 7.16. The van der Waals surface area contributed by atoms with Crippen molar-refractivity contribution in [3.63, 3.8) is 0 Å². The van der Waals surface area contributed by atoms with Crippen LogP contribution in [0.1, 0.15) is 61.3 Å². The number of hydrogen-bond acceptors (Lipinski definition) is 1.